The molecule has 1 heterocycles. The van der Waals surface area contributed by atoms with Gasteiger partial charge in [0.25, 0.3) is 0 Å². The summed E-state index contributed by atoms with van der Waals surface area (Å²) in [6.07, 6.45) is 0.845. The van der Waals surface area contributed by atoms with Gasteiger partial charge < -0.3 is 10.4 Å². The molecule has 0 aliphatic carbocycles. The van der Waals surface area contributed by atoms with Crippen molar-refractivity contribution in [1.29, 1.82) is 0 Å². The summed E-state index contributed by atoms with van der Waals surface area (Å²) < 4.78 is 13.5. The van der Waals surface area contributed by atoms with Crippen molar-refractivity contribution in [2.24, 2.45) is 0 Å². The number of nitrogens with one attached hydrogen (secondary N) is 1. The van der Waals surface area contributed by atoms with Crippen LogP contribution in [0.3, 0.4) is 0 Å². The fraction of sp³-hybridized carbons (Fsp3) is 0.500. The third kappa shape index (κ3) is 3.68. The maximum Gasteiger partial charge on any atom is 0.137 e. The van der Waals surface area contributed by atoms with Gasteiger partial charge >= 0.3 is 0 Å². The van der Waals surface area contributed by atoms with Crippen LogP contribution in [-0.4, -0.2) is 28.8 Å². The highest BCUT2D eigenvalue weighted by atomic mass is 79.9. The Kier molecular flexibility index (Phi) is 4.47. The molecule has 0 aromatic heterocycles. The highest BCUT2D eigenvalue weighted by molar-refractivity contribution is 9.10. The van der Waals surface area contributed by atoms with Crippen LogP contribution in [0.5, 0.6) is 0 Å². The highest BCUT2D eigenvalue weighted by Crippen LogP contribution is 2.27. The first-order chi connectivity index (χ1) is 8.09. The Labute approximate surface area is 113 Å². The lowest BCUT2D eigenvalue weighted by molar-refractivity contribution is 0.0674. The summed E-state index contributed by atoms with van der Waals surface area (Å²) >= 11 is 4.94. The van der Waals surface area contributed by atoms with Gasteiger partial charge in [0.1, 0.15) is 5.82 Å². The summed E-state index contributed by atoms with van der Waals surface area (Å²) in [7, 11) is 0. The minimum Gasteiger partial charge on any atom is -0.388 e. The van der Waals surface area contributed by atoms with Crippen molar-refractivity contribution in [3.05, 3.63) is 34.1 Å². The van der Waals surface area contributed by atoms with E-state index in [1.54, 1.807) is 23.9 Å². The van der Waals surface area contributed by atoms with Gasteiger partial charge in [-0.3, -0.25) is 0 Å². The first-order valence-corrected chi connectivity index (χ1v) is 7.49. The monoisotopic (exact) mass is 319 g/mol. The second-order valence-corrected chi connectivity index (χ2v) is 6.34. The highest BCUT2D eigenvalue weighted by Gasteiger charge is 2.30. The number of thioether (sulfide) groups is 1. The van der Waals surface area contributed by atoms with Crippen LogP contribution < -0.4 is 5.32 Å². The first-order valence-electron chi connectivity index (χ1n) is 5.54. The molecule has 1 saturated heterocycles. The molecule has 0 amide bonds. The van der Waals surface area contributed by atoms with Crippen LogP contribution in [-0.2, 0) is 6.54 Å². The van der Waals surface area contributed by atoms with Crippen LogP contribution in [0.15, 0.2) is 22.7 Å². The topological polar surface area (TPSA) is 32.3 Å². The lowest BCUT2D eigenvalue weighted by atomic mass is 10.0. The molecule has 1 aromatic carbocycles. The predicted molar refractivity (Wildman–Crippen MR) is 72.7 cm³/mol. The van der Waals surface area contributed by atoms with Gasteiger partial charge in [-0.05, 0) is 45.8 Å². The maximum atomic E-state index is 13.0. The van der Waals surface area contributed by atoms with Crippen LogP contribution in [0.4, 0.5) is 4.39 Å². The number of aliphatic hydroxyl groups is 1. The molecule has 1 fully saturated rings. The summed E-state index contributed by atoms with van der Waals surface area (Å²) in [4.78, 5) is 0. The quantitative estimate of drug-likeness (QED) is 0.894. The Morgan fingerprint density at radius 2 is 2.35 bits per heavy atom. The number of rotatable bonds is 4. The third-order valence-corrected chi connectivity index (χ3v) is 4.69. The van der Waals surface area contributed by atoms with E-state index in [1.165, 1.54) is 6.07 Å². The van der Waals surface area contributed by atoms with E-state index >= 15 is 0 Å². The lowest BCUT2D eigenvalue weighted by Crippen LogP contribution is -2.40. The van der Waals surface area contributed by atoms with E-state index in [9.17, 15) is 9.50 Å². The standard InChI is InChI=1S/C12H15BrFNOS/c13-10-5-9(1-2-11(10)14)6-15-7-12(16)3-4-17-8-12/h1-2,5,15-16H,3-4,6-8H2. The van der Waals surface area contributed by atoms with Crippen LogP contribution in [0.2, 0.25) is 0 Å². The Bertz CT molecular complexity index is 396. The van der Waals surface area contributed by atoms with Gasteiger partial charge in [0, 0.05) is 18.8 Å². The minimum atomic E-state index is -0.568. The van der Waals surface area contributed by atoms with Crippen molar-refractivity contribution in [2.75, 3.05) is 18.1 Å². The summed E-state index contributed by atoms with van der Waals surface area (Å²) in [5.74, 6) is 1.58. The van der Waals surface area contributed by atoms with Gasteiger partial charge in [-0.25, -0.2) is 4.39 Å². The van der Waals surface area contributed by atoms with Gasteiger partial charge in [0.15, 0.2) is 0 Å². The summed E-state index contributed by atoms with van der Waals surface area (Å²) in [6.45, 7) is 1.24. The van der Waals surface area contributed by atoms with Crippen molar-refractivity contribution in [2.45, 2.75) is 18.6 Å². The zero-order valence-corrected chi connectivity index (χ0v) is 11.8. The van der Waals surface area contributed by atoms with E-state index in [2.05, 4.69) is 21.2 Å². The van der Waals surface area contributed by atoms with Crippen molar-refractivity contribution >= 4 is 27.7 Å². The zero-order chi connectivity index (χ0) is 12.3. The molecule has 2 N–H and O–H groups in total. The van der Waals surface area contributed by atoms with E-state index in [0.29, 0.717) is 17.6 Å². The molecule has 17 heavy (non-hydrogen) atoms. The van der Waals surface area contributed by atoms with Crippen molar-refractivity contribution in [1.82, 2.24) is 5.32 Å². The Balaban J connectivity index is 1.83. The number of benzene rings is 1. The molecular formula is C12H15BrFNOS. The molecule has 1 aromatic rings. The molecule has 1 aliphatic rings. The molecule has 0 spiro atoms. The van der Waals surface area contributed by atoms with Gasteiger partial charge in [-0.1, -0.05) is 6.07 Å². The molecular weight excluding hydrogens is 305 g/mol. The van der Waals surface area contributed by atoms with Gasteiger partial charge in [0.05, 0.1) is 10.1 Å². The number of hydrogen-bond acceptors (Lipinski definition) is 3. The Hall–Kier alpha value is -0.100. The molecule has 1 aliphatic heterocycles. The Morgan fingerprint density at radius 1 is 1.53 bits per heavy atom. The molecule has 5 heteroatoms. The second-order valence-electron chi connectivity index (χ2n) is 4.38. The summed E-state index contributed by atoms with van der Waals surface area (Å²) in [5.41, 5.74) is 0.439. The maximum absolute atomic E-state index is 13.0. The van der Waals surface area contributed by atoms with Gasteiger partial charge in [0.2, 0.25) is 0 Å². The largest absolute Gasteiger partial charge is 0.388 e. The van der Waals surface area contributed by atoms with E-state index in [-0.39, 0.29) is 5.82 Å². The van der Waals surface area contributed by atoms with Gasteiger partial charge in [-0.2, -0.15) is 11.8 Å². The summed E-state index contributed by atoms with van der Waals surface area (Å²) in [5, 5.41) is 13.3. The van der Waals surface area contributed by atoms with E-state index in [0.717, 1.165) is 23.5 Å². The fourth-order valence-corrected chi connectivity index (χ4v) is 3.55. The molecule has 1 unspecified atom stereocenters. The molecule has 2 nitrogen and oxygen atoms in total. The molecule has 0 saturated carbocycles. The average Bonchev–Trinajstić information content (AvgIpc) is 2.71. The molecule has 0 radical (unpaired) electrons. The normalized spacial score (nSPS) is 24.2. The van der Waals surface area contributed by atoms with Crippen molar-refractivity contribution in [3.8, 4) is 0 Å². The lowest BCUT2D eigenvalue weighted by Gasteiger charge is -2.21. The minimum absolute atomic E-state index is 0.250. The molecule has 1 atom stereocenters. The Morgan fingerprint density at radius 3 is 3.00 bits per heavy atom. The summed E-state index contributed by atoms with van der Waals surface area (Å²) in [6, 6.07) is 4.96. The van der Waals surface area contributed by atoms with Crippen molar-refractivity contribution < 1.29 is 9.50 Å². The van der Waals surface area contributed by atoms with Crippen LogP contribution >= 0.6 is 27.7 Å². The second kappa shape index (κ2) is 5.69. The van der Waals surface area contributed by atoms with Crippen molar-refractivity contribution in [3.63, 3.8) is 0 Å². The predicted octanol–water partition coefficient (Wildman–Crippen LogP) is 2.55. The van der Waals surface area contributed by atoms with Crippen LogP contribution in [0, 0.1) is 5.82 Å². The number of hydrogen-bond donors (Lipinski definition) is 2. The van der Waals surface area contributed by atoms with E-state index in [1.807, 2.05) is 0 Å². The molecule has 2 rings (SSSR count). The van der Waals surface area contributed by atoms with Crippen LogP contribution in [0.1, 0.15) is 12.0 Å². The SMILES string of the molecule is OC1(CNCc2ccc(F)c(Br)c2)CCSC1. The number of halogens is 2. The fourth-order valence-electron chi connectivity index (χ4n) is 1.82. The smallest absolute Gasteiger partial charge is 0.137 e. The molecule has 94 valence electrons. The van der Waals surface area contributed by atoms with Crippen LogP contribution in [0.25, 0.3) is 0 Å². The van der Waals surface area contributed by atoms with Gasteiger partial charge in [-0.15, -0.1) is 0 Å². The average molecular weight is 320 g/mol. The zero-order valence-electron chi connectivity index (χ0n) is 9.38. The third-order valence-electron chi connectivity index (χ3n) is 2.85. The first kappa shape index (κ1) is 13.3. The molecule has 0 bridgehead atoms. The van der Waals surface area contributed by atoms with E-state index < -0.39 is 5.60 Å². The van der Waals surface area contributed by atoms with E-state index in [4.69, 9.17) is 0 Å².